The summed E-state index contributed by atoms with van der Waals surface area (Å²) in [6.07, 6.45) is 2.84. The highest BCUT2D eigenvalue weighted by atomic mass is 32.2. The number of hydrogen-bond donors (Lipinski definition) is 1. The fraction of sp³-hybridized carbons (Fsp3) is 0.625. The summed E-state index contributed by atoms with van der Waals surface area (Å²) >= 11 is 2.13. The van der Waals surface area contributed by atoms with Crippen LogP contribution in [0.2, 0.25) is 0 Å². The average molecular weight is 276 g/mol. The van der Waals surface area contributed by atoms with Crippen molar-refractivity contribution < 1.29 is 0 Å². The maximum Gasteiger partial charge on any atom is 0.0449 e. The Balaban J connectivity index is 1.55. The van der Waals surface area contributed by atoms with E-state index in [1.807, 2.05) is 0 Å². The number of hydrogen-bond acceptors (Lipinski definition) is 3. The molecule has 0 saturated carbocycles. The monoisotopic (exact) mass is 276 g/mol. The van der Waals surface area contributed by atoms with Gasteiger partial charge >= 0.3 is 0 Å². The minimum absolute atomic E-state index is 0.521. The summed E-state index contributed by atoms with van der Waals surface area (Å²) in [7, 11) is 0. The van der Waals surface area contributed by atoms with E-state index in [1.165, 1.54) is 49.5 Å². The Labute approximate surface area is 121 Å². The molecule has 2 saturated heterocycles. The molecule has 1 aromatic carbocycles. The first-order valence-corrected chi connectivity index (χ1v) is 8.66. The van der Waals surface area contributed by atoms with Crippen LogP contribution in [0.5, 0.6) is 0 Å². The molecular weight excluding hydrogens is 252 g/mol. The SMILES string of the molecule is c1ccc(C2CN(CC3CCSCC3)CCN2)cc1. The van der Waals surface area contributed by atoms with Crippen LogP contribution in [-0.4, -0.2) is 42.6 Å². The Morgan fingerprint density at radius 3 is 2.74 bits per heavy atom. The quantitative estimate of drug-likeness (QED) is 0.914. The van der Waals surface area contributed by atoms with Gasteiger partial charge in [-0.3, -0.25) is 4.90 Å². The van der Waals surface area contributed by atoms with Crippen molar-refractivity contribution in [1.82, 2.24) is 10.2 Å². The van der Waals surface area contributed by atoms with Gasteiger partial charge in [-0.15, -0.1) is 0 Å². The summed E-state index contributed by atoms with van der Waals surface area (Å²) in [5.41, 5.74) is 1.44. The maximum atomic E-state index is 3.66. The number of thioether (sulfide) groups is 1. The van der Waals surface area contributed by atoms with Gasteiger partial charge in [0.05, 0.1) is 0 Å². The second kappa shape index (κ2) is 6.78. The fourth-order valence-corrected chi connectivity index (χ4v) is 4.38. The molecule has 1 aromatic rings. The van der Waals surface area contributed by atoms with E-state index in [0.29, 0.717) is 6.04 Å². The molecule has 2 aliphatic heterocycles. The summed E-state index contributed by atoms with van der Waals surface area (Å²) in [5, 5.41) is 3.66. The largest absolute Gasteiger partial charge is 0.308 e. The van der Waals surface area contributed by atoms with Gasteiger partial charge in [-0.25, -0.2) is 0 Å². The van der Waals surface area contributed by atoms with Crippen molar-refractivity contribution in [2.24, 2.45) is 5.92 Å². The van der Waals surface area contributed by atoms with Crippen LogP contribution in [-0.2, 0) is 0 Å². The van der Waals surface area contributed by atoms with Crippen molar-refractivity contribution in [1.29, 1.82) is 0 Å². The van der Waals surface area contributed by atoms with Gasteiger partial charge in [0.1, 0.15) is 0 Å². The molecule has 1 unspecified atom stereocenters. The lowest BCUT2D eigenvalue weighted by molar-refractivity contribution is 0.169. The molecule has 3 rings (SSSR count). The highest BCUT2D eigenvalue weighted by molar-refractivity contribution is 7.99. The second-order valence-corrected chi connectivity index (χ2v) is 6.96. The van der Waals surface area contributed by atoms with E-state index in [4.69, 9.17) is 0 Å². The lowest BCUT2D eigenvalue weighted by Gasteiger charge is -2.36. The zero-order valence-corrected chi connectivity index (χ0v) is 12.4. The van der Waals surface area contributed by atoms with Gasteiger partial charge in [0, 0.05) is 32.2 Å². The Morgan fingerprint density at radius 2 is 1.95 bits per heavy atom. The maximum absolute atomic E-state index is 3.66. The predicted octanol–water partition coefficient (Wildman–Crippen LogP) is 2.78. The number of nitrogens with one attached hydrogen (secondary N) is 1. The molecule has 19 heavy (non-hydrogen) atoms. The molecule has 2 fully saturated rings. The minimum atomic E-state index is 0.521. The highest BCUT2D eigenvalue weighted by Gasteiger charge is 2.23. The first-order chi connectivity index (χ1) is 9.42. The second-order valence-electron chi connectivity index (χ2n) is 5.73. The number of rotatable bonds is 3. The van der Waals surface area contributed by atoms with E-state index < -0.39 is 0 Å². The molecule has 2 heterocycles. The van der Waals surface area contributed by atoms with Crippen LogP contribution in [0.1, 0.15) is 24.4 Å². The van der Waals surface area contributed by atoms with Crippen molar-refractivity contribution in [3.8, 4) is 0 Å². The lowest BCUT2D eigenvalue weighted by Crippen LogP contribution is -2.47. The first kappa shape index (κ1) is 13.5. The molecule has 3 heteroatoms. The van der Waals surface area contributed by atoms with E-state index >= 15 is 0 Å². The lowest BCUT2D eigenvalue weighted by atomic mass is 10.00. The Bertz CT molecular complexity index is 376. The zero-order chi connectivity index (χ0) is 12.9. The first-order valence-electron chi connectivity index (χ1n) is 7.50. The summed E-state index contributed by atoms with van der Waals surface area (Å²) in [6.45, 7) is 4.83. The molecule has 0 amide bonds. The summed E-state index contributed by atoms with van der Waals surface area (Å²) < 4.78 is 0. The average Bonchev–Trinajstić information content (AvgIpc) is 2.49. The van der Waals surface area contributed by atoms with Gasteiger partial charge in [-0.1, -0.05) is 30.3 Å². The molecule has 0 aliphatic carbocycles. The van der Waals surface area contributed by atoms with Gasteiger partial charge in [0.2, 0.25) is 0 Å². The summed E-state index contributed by atoms with van der Waals surface area (Å²) in [5.74, 6) is 3.69. The highest BCUT2D eigenvalue weighted by Crippen LogP contribution is 2.25. The minimum Gasteiger partial charge on any atom is -0.308 e. The van der Waals surface area contributed by atoms with Gasteiger partial charge in [-0.05, 0) is 35.8 Å². The molecule has 0 aromatic heterocycles. The van der Waals surface area contributed by atoms with Crippen molar-refractivity contribution >= 4 is 11.8 Å². The van der Waals surface area contributed by atoms with Crippen molar-refractivity contribution in [2.45, 2.75) is 18.9 Å². The standard InChI is InChI=1S/C16H24N2S/c1-2-4-15(5-3-1)16-13-18(9-8-17-16)12-14-6-10-19-11-7-14/h1-5,14,16-17H,6-13H2. The van der Waals surface area contributed by atoms with E-state index in [1.54, 1.807) is 0 Å². The molecule has 0 radical (unpaired) electrons. The molecule has 1 atom stereocenters. The Kier molecular flexibility index (Phi) is 4.81. The normalized spacial score (nSPS) is 26.4. The van der Waals surface area contributed by atoms with Crippen LogP contribution in [0, 0.1) is 5.92 Å². The van der Waals surface area contributed by atoms with Crippen molar-refractivity contribution in [3.05, 3.63) is 35.9 Å². The third-order valence-electron chi connectivity index (χ3n) is 4.32. The Hall–Kier alpha value is -0.510. The van der Waals surface area contributed by atoms with E-state index in [2.05, 4.69) is 52.3 Å². The molecular formula is C16H24N2S. The van der Waals surface area contributed by atoms with E-state index in [-0.39, 0.29) is 0 Å². The smallest absolute Gasteiger partial charge is 0.0449 e. The van der Waals surface area contributed by atoms with Gasteiger partial charge < -0.3 is 5.32 Å². The van der Waals surface area contributed by atoms with Crippen LogP contribution in [0.15, 0.2) is 30.3 Å². The topological polar surface area (TPSA) is 15.3 Å². The van der Waals surface area contributed by atoms with Gasteiger partial charge in [-0.2, -0.15) is 11.8 Å². The summed E-state index contributed by atoms with van der Waals surface area (Å²) in [4.78, 5) is 2.68. The van der Waals surface area contributed by atoms with Crippen LogP contribution >= 0.6 is 11.8 Å². The van der Waals surface area contributed by atoms with Gasteiger partial charge in [0.15, 0.2) is 0 Å². The van der Waals surface area contributed by atoms with Crippen LogP contribution in [0.3, 0.4) is 0 Å². The number of piperazine rings is 1. The van der Waals surface area contributed by atoms with Crippen LogP contribution in [0.25, 0.3) is 0 Å². The zero-order valence-electron chi connectivity index (χ0n) is 11.6. The third-order valence-corrected chi connectivity index (χ3v) is 5.37. The molecule has 2 aliphatic rings. The third kappa shape index (κ3) is 3.74. The number of benzene rings is 1. The van der Waals surface area contributed by atoms with Crippen molar-refractivity contribution in [2.75, 3.05) is 37.7 Å². The Morgan fingerprint density at radius 1 is 1.16 bits per heavy atom. The van der Waals surface area contributed by atoms with Gasteiger partial charge in [0.25, 0.3) is 0 Å². The predicted molar refractivity (Wildman–Crippen MR) is 83.7 cm³/mol. The van der Waals surface area contributed by atoms with Crippen LogP contribution in [0.4, 0.5) is 0 Å². The fourth-order valence-electron chi connectivity index (χ4n) is 3.18. The van der Waals surface area contributed by atoms with E-state index in [9.17, 15) is 0 Å². The number of nitrogens with zero attached hydrogens (tertiary/aromatic N) is 1. The van der Waals surface area contributed by atoms with Crippen LogP contribution < -0.4 is 5.32 Å². The van der Waals surface area contributed by atoms with E-state index in [0.717, 1.165) is 12.5 Å². The molecule has 0 bridgehead atoms. The van der Waals surface area contributed by atoms with Crippen molar-refractivity contribution in [3.63, 3.8) is 0 Å². The molecule has 1 N–H and O–H groups in total. The molecule has 104 valence electrons. The molecule has 0 spiro atoms. The summed E-state index contributed by atoms with van der Waals surface area (Å²) in [6, 6.07) is 11.4. The molecule has 2 nitrogen and oxygen atoms in total.